The van der Waals surface area contributed by atoms with Gasteiger partial charge in [-0.2, -0.15) is 0 Å². The van der Waals surface area contributed by atoms with Gasteiger partial charge in [0.2, 0.25) is 0 Å². The predicted octanol–water partition coefficient (Wildman–Crippen LogP) is 8.29. The summed E-state index contributed by atoms with van der Waals surface area (Å²) >= 11 is 12.2. The molecule has 0 radical (unpaired) electrons. The average molecular weight is 533 g/mol. The van der Waals surface area contributed by atoms with E-state index in [1.165, 1.54) is 49.0 Å². The highest BCUT2D eigenvalue weighted by molar-refractivity contribution is 6.36. The van der Waals surface area contributed by atoms with E-state index in [9.17, 15) is 4.79 Å². The van der Waals surface area contributed by atoms with E-state index in [-0.39, 0.29) is 18.3 Å². The first-order valence-corrected chi connectivity index (χ1v) is 12.9. The first-order chi connectivity index (χ1) is 16.6. The second-order valence-corrected chi connectivity index (χ2v) is 9.76. The van der Waals surface area contributed by atoms with E-state index in [2.05, 4.69) is 53.4 Å². The number of hydrogen-bond acceptors (Lipinski definition) is 3. The lowest BCUT2D eigenvalue weighted by Gasteiger charge is -2.27. The Kier molecular flexibility index (Phi) is 10.9. The fourth-order valence-corrected chi connectivity index (χ4v) is 5.20. The minimum absolute atomic E-state index is 0. The maximum atomic E-state index is 12.8. The van der Waals surface area contributed by atoms with Gasteiger partial charge in [-0.05, 0) is 80.2 Å². The second kappa shape index (κ2) is 13.9. The quantitative estimate of drug-likeness (QED) is 0.260. The zero-order chi connectivity index (χ0) is 23.8. The molecule has 35 heavy (non-hydrogen) atoms. The van der Waals surface area contributed by atoms with Crippen molar-refractivity contribution >= 4 is 41.6 Å². The molecule has 0 N–H and O–H groups in total. The van der Waals surface area contributed by atoms with E-state index < -0.39 is 5.97 Å². The summed E-state index contributed by atoms with van der Waals surface area (Å²) in [6, 6.07) is 23.7. The number of hydrogen-bond donors (Lipinski definition) is 0. The zero-order valence-electron chi connectivity index (χ0n) is 19.8. The van der Waals surface area contributed by atoms with Gasteiger partial charge in [0.25, 0.3) is 0 Å². The van der Waals surface area contributed by atoms with Crippen molar-refractivity contribution in [1.82, 2.24) is 4.90 Å². The number of ether oxygens (including phenoxy) is 1. The van der Waals surface area contributed by atoms with Crippen molar-refractivity contribution in [2.24, 2.45) is 0 Å². The van der Waals surface area contributed by atoms with Gasteiger partial charge in [0, 0.05) is 10.9 Å². The number of carbonyl (C=O) groups is 1. The smallest absolute Gasteiger partial charge is 0.339 e. The normalized spacial score (nSPS) is 14.7. The van der Waals surface area contributed by atoms with Crippen LogP contribution in [0.3, 0.4) is 0 Å². The number of carbonyl (C=O) groups excluding carboxylic acids is 1. The number of likely N-dealkylation sites (tertiary alicyclic amines) is 1. The van der Waals surface area contributed by atoms with E-state index in [1.807, 2.05) is 6.07 Å². The minimum Gasteiger partial charge on any atom is -0.461 e. The standard InChI is InChI=1S/C29H31Cl2NO2.ClH/c30-24-15-16-27(28(31)20-24)29(33)34-21-23(12-9-19-32-17-7-2-8-18-32)26-14-6-5-13-25(26)22-10-3-1-4-11-22;/h1,3-6,10-11,13-16,20,23H,2,7-9,12,17-19,21H2;1H. The van der Waals surface area contributed by atoms with Crippen LogP contribution in [0.4, 0.5) is 0 Å². The minimum atomic E-state index is -0.417. The summed E-state index contributed by atoms with van der Waals surface area (Å²) in [6.07, 6.45) is 5.93. The Balaban J connectivity index is 0.00000342. The van der Waals surface area contributed by atoms with Crippen LogP contribution >= 0.6 is 35.6 Å². The Morgan fingerprint density at radius 1 is 0.914 bits per heavy atom. The van der Waals surface area contributed by atoms with Crippen LogP contribution in [-0.2, 0) is 4.74 Å². The highest BCUT2D eigenvalue weighted by atomic mass is 35.5. The van der Waals surface area contributed by atoms with E-state index in [0.29, 0.717) is 22.2 Å². The molecule has 3 nitrogen and oxygen atoms in total. The van der Waals surface area contributed by atoms with Crippen molar-refractivity contribution < 1.29 is 9.53 Å². The van der Waals surface area contributed by atoms with Crippen molar-refractivity contribution in [3.63, 3.8) is 0 Å². The summed E-state index contributed by atoms with van der Waals surface area (Å²) in [5.41, 5.74) is 3.91. The third kappa shape index (κ3) is 7.72. The topological polar surface area (TPSA) is 29.5 Å². The summed E-state index contributed by atoms with van der Waals surface area (Å²) in [7, 11) is 0. The molecule has 3 aromatic carbocycles. The molecule has 0 spiro atoms. The van der Waals surface area contributed by atoms with Crippen LogP contribution in [0.5, 0.6) is 0 Å². The molecule has 1 aliphatic rings. The maximum absolute atomic E-state index is 12.8. The van der Waals surface area contributed by atoms with Gasteiger partial charge in [-0.3, -0.25) is 0 Å². The number of benzene rings is 3. The molecule has 1 aliphatic heterocycles. The van der Waals surface area contributed by atoms with Gasteiger partial charge in [0.1, 0.15) is 0 Å². The van der Waals surface area contributed by atoms with E-state index >= 15 is 0 Å². The molecule has 186 valence electrons. The van der Waals surface area contributed by atoms with E-state index in [0.717, 1.165) is 19.4 Å². The van der Waals surface area contributed by atoms with Crippen LogP contribution in [0.25, 0.3) is 11.1 Å². The molecule has 1 atom stereocenters. The van der Waals surface area contributed by atoms with Crippen molar-refractivity contribution in [3.8, 4) is 11.1 Å². The molecule has 1 heterocycles. The van der Waals surface area contributed by atoms with Gasteiger partial charge in [-0.25, -0.2) is 4.79 Å². The lowest BCUT2D eigenvalue weighted by molar-refractivity contribution is 0.0473. The Hall–Kier alpha value is -2.04. The fourth-order valence-electron chi connectivity index (χ4n) is 4.72. The van der Waals surface area contributed by atoms with Crippen molar-refractivity contribution in [2.75, 3.05) is 26.2 Å². The summed E-state index contributed by atoms with van der Waals surface area (Å²) in [5, 5.41) is 0.803. The molecular formula is C29H32Cl3NO2. The summed E-state index contributed by atoms with van der Waals surface area (Å²) in [4.78, 5) is 15.4. The summed E-state index contributed by atoms with van der Waals surface area (Å²) in [6.45, 7) is 3.77. The molecule has 0 aromatic heterocycles. The van der Waals surface area contributed by atoms with Crippen LogP contribution in [0.2, 0.25) is 10.0 Å². The third-order valence-corrected chi connectivity index (χ3v) is 7.08. The van der Waals surface area contributed by atoms with Crippen molar-refractivity contribution in [3.05, 3.63) is 94.0 Å². The molecule has 0 amide bonds. The van der Waals surface area contributed by atoms with Crippen LogP contribution < -0.4 is 0 Å². The lowest BCUT2D eigenvalue weighted by atomic mass is 9.88. The molecule has 0 saturated carbocycles. The molecule has 3 aromatic rings. The molecular weight excluding hydrogens is 501 g/mol. The Labute approximate surface area is 224 Å². The number of piperidine rings is 1. The van der Waals surface area contributed by atoms with Crippen LogP contribution in [0.15, 0.2) is 72.8 Å². The number of nitrogens with zero attached hydrogens (tertiary/aromatic N) is 1. The van der Waals surface area contributed by atoms with Gasteiger partial charge >= 0.3 is 5.97 Å². The summed E-state index contributed by atoms with van der Waals surface area (Å²) < 4.78 is 5.82. The molecule has 1 saturated heterocycles. The van der Waals surface area contributed by atoms with Crippen LogP contribution in [0.1, 0.15) is 53.9 Å². The van der Waals surface area contributed by atoms with Crippen molar-refractivity contribution in [2.45, 2.75) is 38.0 Å². The molecule has 0 aliphatic carbocycles. The first kappa shape index (κ1) is 27.5. The number of halogens is 3. The molecule has 6 heteroatoms. The first-order valence-electron chi connectivity index (χ1n) is 12.1. The molecule has 4 rings (SSSR count). The number of esters is 1. The van der Waals surface area contributed by atoms with Gasteiger partial charge in [0.15, 0.2) is 0 Å². The monoisotopic (exact) mass is 531 g/mol. The Bertz CT molecular complexity index is 1080. The van der Waals surface area contributed by atoms with E-state index in [1.54, 1.807) is 18.2 Å². The average Bonchev–Trinajstić information content (AvgIpc) is 2.87. The Morgan fingerprint density at radius 2 is 1.63 bits per heavy atom. The SMILES string of the molecule is Cl.O=C(OCC(CCCN1CCCCC1)c1ccccc1-c1ccccc1)c1ccc(Cl)cc1Cl. The fraction of sp³-hybridized carbons (Fsp3) is 0.345. The van der Waals surface area contributed by atoms with Crippen molar-refractivity contribution in [1.29, 1.82) is 0 Å². The highest BCUT2D eigenvalue weighted by Crippen LogP contribution is 2.33. The van der Waals surface area contributed by atoms with Gasteiger partial charge < -0.3 is 9.64 Å². The molecule has 1 unspecified atom stereocenters. The second-order valence-electron chi connectivity index (χ2n) is 8.92. The van der Waals surface area contributed by atoms with Gasteiger partial charge in [0.05, 0.1) is 17.2 Å². The molecule has 1 fully saturated rings. The number of rotatable bonds is 9. The Morgan fingerprint density at radius 3 is 2.37 bits per heavy atom. The molecule has 0 bridgehead atoms. The zero-order valence-corrected chi connectivity index (χ0v) is 22.1. The summed E-state index contributed by atoms with van der Waals surface area (Å²) in [5.74, 6) is -0.323. The third-order valence-electron chi connectivity index (χ3n) is 6.53. The highest BCUT2D eigenvalue weighted by Gasteiger charge is 2.21. The van der Waals surface area contributed by atoms with Gasteiger partial charge in [-0.15, -0.1) is 12.4 Å². The maximum Gasteiger partial charge on any atom is 0.339 e. The van der Waals surface area contributed by atoms with Crippen LogP contribution in [0, 0.1) is 0 Å². The van der Waals surface area contributed by atoms with Gasteiger partial charge in [-0.1, -0.05) is 84.2 Å². The van der Waals surface area contributed by atoms with Crippen LogP contribution in [-0.4, -0.2) is 37.1 Å². The largest absolute Gasteiger partial charge is 0.461 e. The predicted molar refractivity (Wildman–Crippen MR) is 148 cm³/mol. The lowest BCUT2D eigenvalue weighted by Crippen LogP contribution is -2.30. The van der Waals surface area contributed by atoms with E-state index in [4.69, 9.17) is 27.9 Å².